The van der Waals surface area contributed by atoms with Crippen LogP contribution in [0.2, 0.25) is 0 Å². The van der Waals surface area contributed by atoms with Crippen LogP contribution in [0.1, 0.15) is 26.2 Å². The predicted octanol–water partition coefficient (Wildman–Crippen LogP) is 0.266. The second-order valence-electron chi connectivity index (χ2n) is 7.46. The number of halogens is 2. The number of rotatable bonds is 5. The molecule has 0 saturated carbocycles. The molecule has 1 heterocycles. The number of aliphatic hydroxyl groups is 2. The average molecular weight is 430 g/mol. The van der Waals surface area contributed by atoms with Crippen LogP contribution in [0.5, 0.6) is 0 Å². The van der Waals surface area contributed by atoms with Crippen molar-refractivity contribution in [2.45, 2.75) is 43.1 Å². The maximum Gasteiger partial charge on any atom is 0.465 e. The van der Waals surface area contributed by atoms with Crippen molar-refractivity contribution >= 4 is 16.1 Å². The normalized spacial score (nSPS) is 28.9. The van der Waals surface area contributed by atoms with Crippen LogP contribution in [0.25, 0.3) is 0 Å². The molecule has 1 aliphatic heterocycles. The van der Waals surface area contributed by atoms with Gasteiger partial charge in [-0.05, 0) is 25.8 Å². The molecule has 162 valence electrons. The molecule has 0 amide bonds. The van der Waals surface area contributed by atoms with Gasteiger partial charge in [0.1, 0.15) is 5.60 Å². The highest BCUT2D eigenvalue weighted by molar-refractivity contribution is 7.87. The molecule has 0 radical (unpaired) electrons. The van der Waals surface area contributed by atoms with Crippen molar-refractivity contribution in [2.75, 3.05) is 33.0 Å². The Balaban J connectivity index is 2.22. The summed E-state index contributed by atoms with van der Waals surface area (Å²) >= 11 is 0. The van der Waals surface area contributed by atoms with Crippen molar-refractivity contribution in [1.82, 2.24) is 0 Å². The monoisotopic (exact) mass is 430 g/mol. The molecule has 12 heteroatoms. The predicted molar refractivity (Wildman–Crippen MR) is 90.1 cm³/mol. The van der Waals surface area contributed by atoms with E-state index in [2.05, 4.69) is 0 Å². The number of carbonyl (C=O) groups excluding carboxylic acids is 1. The van der Waals surface area contributed by atoms with Crippen LogP contribution in [0.3, 0.4) is 0 Å². The molecule has 3 N–H and O–H groups in total. The van der Waals surface area contributed by atoms with Crippen LogP contribution >= 0.6 is 0 Å². The number of esters is 1. The van der Waals surface area contributed by atoms with Crippen LogP contribution in [-0.2, 0) is 29.1 Å². The fraction of sp³-hybridized carbons (Fsp3) is 0.812. The number of hydrogen-bond donors (Lipinski definition) is 3. The number of alkyl halides is 2. The summed E-state index contributed by atoms with van der Waals surface area (Å²) in [6.45, 7) is 0.720. The van der Waals surface area contributed by atoms with Gasteiger partial charge in [-0.3, -0.25) is 4.55 Å². The number of ether oxygens (including phenoxy) is 3. The summed E-state index contributed by atoms with van der Waals surface area (Å²) in [5, 5.41) is 14.0. The zero-order valence-corrected chi connectivity index (χ0v) is 16.1. The number of carbonyl (C=O) groups is 1. The van der Waals surface area contributed by atoms with Crippen molar-refractivity contribution < 1.29 is 51.0 Å². The Hall–Kier alpha value is -1.18. The summed E-state index contributed by atoms with van der Waals surface area (Å²) in [7, 11) is -5.98. The maximum atomic E-state index is 13.6. The van der Waals surface area contributed by atoms with Crippen LogP contribution < -0.4 is 0 Å². The van der Waals surface area contributed by atoms with Gasteiger partial charge in [0, 0.05) is 6.42 Å². The first kappa shape index (κ1) is 23.1. The molecule has 2 bridgehead atoms. The van der Waals surface area contributed by atoms with Gasteiger partial charge in [0.15, 0.2) is 0 Å². The molecule has 1 aliphatic carbocycles. The number of fused-ring (bicyclic) bond motifs is 2. The highest BCUT2D eigenvalue weighted by atomic mass is 32.2. The minimum Gasteiger partial charge on any atom is -0.450 e. The molecule has 2 rings (SSSR count). The van der Waals surface area contributed by atoms with E-state index in [1.807, 2.05) is 0 Å². The van der Waals surface area contributed by atoms with E-state index in [4.69, 9.17) is 18.8 Å². The van der Waals surface area contributed by atoms with Crippen LogP contribution in [0, 0.1) is 5.41 Å². The van der Waals surface area contributed by atoms with Gasteiger partial charge in [0.2, 0.25) is 0 Å². The van der Waals surface area contributed by atoms with Gasteiger partial charge in [-0.15, -0.1) is 0 Å². The summed E-state index contributed by atoms with van der Waals surface area (Å²) < 4.78 is 73.2. The lowest BCUT2D eigenvalue weighted by atomic mass is 9.84. The molecular weight excluding hydrogens is 406 g/mol. The van der Waals surface area contributed by atoms with Gasteiger partial charge in [-0.1, -0.05) is 5.57 Å². The Kier molecular flexibility index (Phi) is 6.83. The van der Waals surface area contributed by atoms with E-state index in [0.717, 1.165) is 0 Å². The molecule has 2 atom stereocenters. The molecule has 0 aromatic rings. The third-order valence-electron chi connectivity index (χ3n) is 4.79. The van der Waals surface area contributed by atoms with Gasteiger partial charge < -0.3 is 24.4 Å². The summed E-state index contributed by atoms with van der Waals surface area (Å²) in [5.74, 6) is -2.39. The zero-order valence-electron chi connectivity index (χ0n) is 15.3. The quantitative estimate of drug-likeness (QED) is 0.318. The minimum absolute atomic E-state index is 0.0579. The third kappa shape index (κ3) is 5.05. The van der Waals surface area contributed by atoms with E-state index >= 15 is 0 Å². The molecule has 9 nitrogen and oxygen atoms in total. The van der Waals surface area contributed by atoms with Crippen LogP contribution in [0.4, 0.5) is 8.78 Å². The zero-order chi connectivity index (χ0) is 21.2. The topological polar surface area (TPSA) is 140 Å². The Bertz CT molecular complexity index is 718. The summed E-state index contributed by atoms with van der Waals surface area (Å²) in [6.07, 6.45) is 1.54. The molecule has 0 spiro atoms. The van der Waals surface area contributed by atoms with E-state index < -0.39 is 51.7 Å². The van der Waals surface area contributed by atoms with Gasteiger partial charge in [-0.25, -0.2) is 4.79 Å². The molecular formula is C16H24F2O9S. The molecule has 28 heavy (non-hydrogen) atoms. The lowest BCUT2D eigenvalue weighted by Crippen LogP contribution is -2.47. The second-order valence-corrected chi connectivity index (χ2v) is 8.92. The van der Waals surface area contributed by atoms with Crippen molar-refractivity contribution in [1.29, 1.82) is 0 Å². The van der Waals surface area contributed by atoms with Gasteiger partial charge in [-0.2, -0.15) is 17.2 Å². The third-order valence-corrected chi connectivity index (χ3v) is 5.61. The molecule has 2 unspecified atom stereocenters. The standard InChI is InChI=1S/C16H24F2O9S/c1-14(27-13(21)16(17,18)28(22,23)24)5-11-2-3-25-9-15(7-19,8-20)10-26-12(4-11)6-14/h5,12,19-20H,2-4,6-10H2,1H3,(H,22,23,24). The maximum absolute atomic E-state index is 13.6. The van der Waals surface area contributed by atoms with Gasteiger partial charge in [0.25, 0.3) is 0 Å². The van der Waals surface area contributed by atoms with Crippen molar-refractivity contribution in [3.05, 3.63) is 11.6 Å². The average Bonchev–Trinajstić information content (AvgIpc) is 2.59. The summed E-state index contributed by atoms with van der Waals surface area (Å²) in [4.78, 5) is 11.7. The minimum atomic E-state index is -5.98. The van der Waals surface area contributed by atoms with E-state index in [9.17, 15) is 32.2 Å². The first-order valence-electron chi connectivity index (χ1n) is 8.56. The number of hydrogen-bond acceptors (Lipinski definition) is 8. The van der Waals surface area contributed by atoms with E-state index in [0.29, 0.717) is 18.4 Å². The molecule has 1 saturated heterocycles. The molecule has 0 aromatic carbocycles. The van der Waals surface area contributed by atoms with E-state index in [1.54, 1.807) is 0 Å². The fourth-order valence-corrected chi connectivity index (χ4v) is 3.42. The van der Waals surface area contributed by atoms with Gasteiger partial charge >= 0.3 is 21.3 Å². The Morgan fingerprint density at radius 1 is 1.36 bits per heavy atom. The number of aliphatic hydroxyl groups excluding tert-OH is 2. The van der Waals surface area contributed by atoms with Crippen LogP contribution in [-0.4, -0.2) is 79.1 Å². The Labute approximate surface area is 161 Å². The molecule has 1 fully saturated rings. The molecule has 2 aliphatic rings. The van der Waals surface area contributed by atoms with Crippen molar-refractivity contribution in [2.24, 2.45) is 5.41 Å². The van der Waals surface area contributed by atoms with Crippen LogP contribution in [0.15, 0.2) is 11.6 Å². The molecule has 0 aromatic heterocycles. The van der Waals surface area contributed by atoms with Crippen molar-refractivity contribution in [3.8, 4) is 0 Å². The largest absolute Gasteiger partial charge is 0.465 e. The van der Waals surface area contributed by atoms with E-state index in [-0.39, 0.29) is 26.2 Å². The highest BCUT2D eigenvalue weighted by Gasteiger charge is 2.56. The van der Waals surface area contributed by atoms with E-state index in [1.165, 1.54) is 13.0 Å². The fourth-order valence-electron chi connectivity index (χ4n) is 3.17. The summed E-state index contributed by atoms with van der Waals surface area (Å²) in [5.41, 5.74) is -1.95. The first-order valence-corrected chi connectivity index (χ1v) is 10.0. The Morgan fingerprint density at radius 2 is 2.00 bits per heavy atom. The summed E-state index contributed by atoms with van der Waals surface area (Å²) in [6, 6.07) is 0. The first-order chi connectivity index (χ1) is 12.9. The second kappa shape index (κ2) is 8.28. The SMILES string of the molecule is CC1(OC(=O)C(F)(F)S(=O)(=O)O)C=C2CCOCC(CO)(CO)COC(C2)C1. The lowest BCUT2D eigenvalue weighted by molar-refractivity contribution is -0.177. The smallest absolute Gasteiger partial charge is 0.450 e. The lowest BCUT2D eigenvalue weighted by Gasteiger charge is -2.39. The van der Waals surface area contributed by atoms with Crippen molar-refractivity contribution in [3.63, 3.8) is 0 Å². The highest BCUT2D eigenvalue weighted by Crippen LogP contribution is 2.36. The van der Waals surface area contributed by atoms with Gasteiger partial charge in [0.05, 0.1) is 44.6 Å². The Morgan fingerprint density at radius 3 is 2.57 bits per heavy atom.